The highest BCUT2D eigenvalue weighted by atomic mass is 17.2. The number of fused-ring (bicyclic) bond motifs is 7. The molecule has 8 N–H and O–H groups in total. The molecule has 0 aromatic carbocycles. The Balaban J connectivity index is 1.15. The van der Waals surface area contributed by atoms with E-state index in [9.17, 15) is 60.0 Å². The normalized spacial score (nSPS) is 51.9. The Hall–Kier alpha value is -2.58. The van der Waals surface area contributed by atoms with Crippen LogP contribution < -0.4 is 0 Å². The molecular formula is C42H62O17. The second kappa shape index (κ2) is 14.8. The fraction of sp³-hybridized carbons (Fsp3) is 0.857. The number of hydrogen-bond donors (Lipinski definition) is 8. The van der Waals surface area contributed by atoms with E-state index in [4.69, 9.17) is 24.0 Å². The van der Waals surface area contributed by atoms with Crippen LogP contribution >= 0.6 is 0 Å². The van der Waals surface area contributed by atoms with Gasteiger partial charge in [-0.1, -0.05) is 47.1 Å². The summed E-state index contributed by atoms with van der Waals surface area (Å²) in [7, 11) is 0. The third kappa shape index (κ3) is 6.63. The molecule has 59 heavy (non-hydrogen) atoms. The highest BCUT2D eigenvalue weighted by Crippen LogP contribution is 2.75. The van der Waals surface area contributed by atoms with E-state index in [2.05, 4.69) is 27.7 Å². The first-order valence-corrected chi connectivity index (χ1v) is 20.9. The number of aliphatic hydroxyl groups is 5. The maximum Gasteiger partial charge on any atom is 0.335 e. The van der Waals surface area contributed by atoms with Gasteiger partial charge in [-0.25, -0.2) is 19.4 Å². The topological polar surface area (TPSA) is 276 Å². The molecule has 0 aromatic heterocycles. The van der Waals surface area contributed by atoms with Gasteiger partial charge in [0.15, 0.2) is 30.4 Å². The van der Waals surface area contributed by atoms with Gasteiger partial charge in [-0.3, -0.25) is 9.59 Å². The number of allylic oxidation sites excluding steroid dienone is 2. The van der Waals surface area contributed by atoms with E-state index >= 15 is 0 Å². The number of hydrogen-bond acceptors (Lipinski definition) is 14. The van der Waals surface area contributed by atoms with Crippen molar-refractivity contribution in [3.8, 4) is 0 Å². The molecule has 0 unspecified atom stereocenters. The first kappa shape index (κ1) is 44.5. The summed E-state index contributed by atoms with van der Waals surface area (Å²) in [4.78, 5) is 61.7. The summed E-state index contributed by atoms with van der Waals surface area (Å²) in [6.07, 6.45) is -12.3. The average molecular weight is 839 g/mol. The van der Waals surface area contributed by atoms with Crippen molar-refractivity contribution in [2.24, 2.45) is 50.2 Å². The molecule has 17 nitrogen and oxygen atoms in total. The minimum Gasteiger partial charge on any atom is -0.481 e. The number of carboxylic acid groups (broad SMARTS) is 3. The van der Waals surface area contributed by atoms with Crippen LogP contribution in [0.4, 0.5) is 0 Å². The summed E-state index contributed by atoms with van der Waals surface area (Å²) in [6.45, 7) is 14.8. The molecule has 2 heterocycles. The lowest BCUT2D eigenvalue weighted by atomic mass is 9.33. The molecule has 2 aliphatic heterocycles. The zero-order valence-corrected chi connectivity index (χ0v) is 34.8. The molecule has 5 aliphatic carbocycles. The fourth-order valence-electron chi connectivity index (χ4n) is 13.3. The first-order chi connectivity index (χ1) is 27.3. The lowest BCUT2D eigenvalue weighted by molar-refractivity contribution is -0.471. The van der Waals surface area contributed by atoms with E-state index in [1.807, 2.05) is 26.8 Å². The van der Waals surface area contributed by atoms with Gasteiger partial charge in [0.2, 0.25) is 6.29 Å². The summed E-state index contributed by atoms with van der Waals surface area (Å²) >= 11 is 0. The molecule has 7 aliphatic rings. The summed E-state index contributed by atoms with van der Waals surface area (Å²) in [5.74, 6) is -4.48. The van der Waals surface area contributed by atoms with Crippen LogP contribution in [0.2, 0.25) is 0 Å². The van der Waals surface area contributed by atoms with Crippen LogP contribution in [0.1, 0.15) is 106 Å². The van der Waals surface area contributed by atoms with Crippen molar-refractivity contribution in [1.29, 1.82) is 0 Å². The smallest absolute Gasteiger partial charge is 0.335 e. The molecule has 0 bridgehead atoms. The number of rotatable bonds is 8. The van der Waals surface area contributed by atoms with Crippen molar-refractivity contribution in [1.82, 2.24) is 0 Å². The maximum atomic E-state index is 14.8. The molecule has 6 fully saturated rings. The van der Waals surface area contributed by atoms with Crippen LogP contribution in [0.3, 0.4) is 0 Å². The van der Waals surface area contributed by atoms with Gasteiger partial charge < -0.3 is 55.1 Å². The summed E-state index contributed by atoms with van der Waals surface area (Å²) < 4.78 is 17.4. The molecule has 19 atom stereocenters. The van der Waals surface area contributed by atoms with Crippen molar-refractivity contribution in [3.05, 3.63) is 11.6 Å². The number of ether oxygens (including phenoxy) is 3. The van der Waals surface area contributed by atoms with Gasteiger partial charge in [0.25, 0.3) is 0 Å². The predicted molar refractivity (Wildman–Crippen MR) is 201 cm³/mol. The third-order valence-corrected chi connectivity index (χ3v) is 17.2. The predicted octanol–water partition coefficient (Wildman–Crippen LogP) is 2.18. The molecule has 0 aromatic rings. The highest BCUT2D eigenvalue weighted by Gasteiger charge is 2.71. The molecule has 0 spiro atoms. The van der Waals surface area contributed by atoms with Gasteiger partial charge in [0.05, 0.1) is 11.5 Å². The van der Waals surface area contributed by atoms with Crippen LogP contribution in [0, 0.1) is 50.2 Å². The largest absolute Gasteiger partial charge is 0.481 e. The summed E-state index contributed by atoms with van der Waals surface area (Å²) in [5.41, 5.74) is -1.81. The Morgan fingerprint density at radius 3 is 1.90 bits per heavy atom. The Kier molecular flexibility index (Phi) is 11.1. The zero-order valence-electron chi connectivity index (χ0n) is 34.8. The van der Waals surface area contributed by atoms with E-state index in [1.165, 1.54) is 0 Å². The molecule has 0 amide bonds. The van der Waals surface area contributed by atoms with E-state index in [-0.39, 0.29) is 34.4 Å². The Labute approximate surface area is 342 Å². The average Bonchev–Trinajstić information content (AvgIpc) is 3.14. The molecule has 332 valence electrons. The molecule has 4 saturated carbocycles. The number of carbonyl (C=O) groups excluding carboxylic acids is 1. The van der Waals surface area contributed by atoms with Gasteiger partial charge in [0, 0.05) is 5.92 Å². The van der Waals surface area contributed by atoms with Crippen molar-refractivity contribution in [2.45, 2.75) is 174 Å². The van der Waals surface area contributed by atoms with E-state index in [1.54, 1.807) is 0 Å². The van der Waals surface area contributed by atoms with Gasteiger partial charge in [-0.15, -0.1) is 0 Å². The fourth-order valence-corrected chi connectivity index (χ4v) is 13.3. The van der Waals surface area contributed by atoms with Crippen molar-refractivity contribution in [3.63, 3.8) is 0 Å². The van der Waals surface area contributed by atoms with Gasteiger partial charge in [-0.05, 0) is 110 Å². The van der Waals surface area contributed by atoms with Gasteiger partial charge >= 0.3 is 17.9 Å². The van der Waals surface area contributed by atoms with Crippen molar-refractivity contribution in [2.75, 3.05) is 0 Å². The number of carbonyl (C=O) groups is 4. The molecule has 17 heteroatoms. The van der Waals surface area contributed by atoms with E-state index in [0.717, 1.165) is 37.7 Å². The summed E-state index contributed by atoms with van der Waals surface area (Å²) in [6, 6.07) is 0. The molecule has 0 radical (unpaired) electrons. The number of carboxylic acids is 3. The Morgan fingerprint density at radius 2 is 1.29 bits per heavy atom. The number of aliphatic hydroxyl groups excluding tert-OH is 5. The van der Waals surface area contributed by atoms with E-state index < -0.39 is 107 Å². The standard InChI is InChI=1S/C42H62O17/c1-37(2)21-8-11-42(7)31(20(43)16-18-19-17-39(4,36(53)54)13-12-38(19,3)14-15-41(18,42)6)40(21,5)10-9-22(37)55-35-30(26(47)25(46)29(57-35)33(51)52)58-59-34-27(48)23(44)24(45)28(56-34)32(49)50/h16,19,21-31,34-35,44-48H,8-15,17H2,1-7H3,(H,49,50)(H,51,52)(H,53,54)/t19-,21-,22-,23-,24-,25-,26-,27+,28-,29-,30+,31+,34-,35+,38+,39+,40-,41+,42+/m0/s1. The Morgan fingerprint density at radius 1 is 0.695 bits per heavy atom. The summed E-state index contributed by atoms with van der Waals surface area (Å²) in [5, 5.41) is 82.2. The van der Waals surface area contributed by atoms with Crippen LogP contribution in [0.25, 0.3) is 0 Å². The lowest BCUT2D eigenvalue weighted by Crippen LogP contribution is -2.67. The maximum absolute atomic E-state index is 14.8. The molecule has 2 saturated heterocycles. The second-order valence-electron chi connectivity index (χ2n) is 20.7. The SMILES string of the molecule is CC1(C)[C@@H](O[C@@H]2O[C@H](C(=O)O)[C@@H](O)[C@H](O)[C@H]2OO[C@@H]2O[C@H](C(=O)O)[C@@H](O)[C@H](O)[C@H]2O)CC[C@]2(C)[C@H]3C(=O)C=C4[C@@H]5C[C@](C)(C(=O)O)CC[C@]5(C)CC[C@@]4(C)[C@]3(C)CC[C@@H]12. The second-order valence-corrected chi connectivity index (χ2v) is 20.7. The molecule has 7 rings (SSSR count). The monoisotopic (exact) mass is 838 g/mol. The number of ketones is 1. The van der Waals surface area contributed by atoms with E-state index in [0.29, 0.717) is 25.7 Å². The third-order valence-electron chi connectivity index (χ3n) is 17.2. The van der Waals surface area contributed by atoms with Crippen LogP contribution in [0.5, 0.6) is 0 Å². The van der Waals surface area contributed by atoms with Gasteiger partial charge in [-0.2, -0.15) is 0 Å². The minimum atomic E-state index is -2.04. The Bertz CT molecular complexity index is 1750. The lowest BCUT2D eigenvalue weighted by Gasteiger charge is -2.70. The first-order valence-electron chi connectivity index (χ1n) is 20.9. The quantitative estimate of drug-likeness (QED) is 0.0988. The van der Waals surface area contributed by atoms with Crippen molar-refractivity contribution < 1.29 is 84.0 Å². The van der Waals surface area contributed by atoms with Crippen LogP contribution in [0.15, 0.2) is 11.6 Å². The molecular weight excluding hydrogens is 776 g/mol. The zero-order chi connectivity index (χ0) is 43.6. The van der Waals surface area contributed by atoms with Crippen LogP contribution in [-0.4, -0.2) is 132 Å². The van der Waals surface area contributed by atoms with Crippen molar-refractivity contribution >= 4 is 23.7 Å². The van der Waals surface area contributed by atoms with Gasteiger partial charge in [0.1, 0.15) is 30.5 Å². The van der Waals surface area contributed by atoms with Crippen LogP contribution in [-0.2, 0) is 43.2 Å². The number of aliphatic carboxylic acids is 3. The minimum absolute atomic E-state index is 0.0229. The highest BCUT2D eigenvalue weighted by molar-refractivity contribution is 5.95.